The molecule has 0 saturated heterocycles. The van der Waals surface area contributed by atoms with Crippen molar-refractivity contribution in [1.29, 1.82) is 0 Å². The highest BCUT2D eigenvalue weighted by atomic mass is 16.3. The van der Waals surface area contributed by atoms with E-state index in [0.717, 1.165) is 11.1 Å². The van der Waals surface area contributed by atoms with E-state index in [1.165, 1.54) is 0 Å². The monoisotopic (exact) mass is 160 g/mol. The van der Waals surface area contributed by atoms with Gasteiger partial charge in [0.1, 0.15) is 0 Å². The van der Waals surface area contributed by atoms with Gasteiger partial charge in [0.25, 0.3) is 0 Å². The summed E-state index contributed by atoms with van der Waals surface area (Å²) in [7, 11) is 0. The van der Waals surface area contributed by atoms with Crippen molar-refractivity contribution in [3.8, 4) is 0 Å². The molecule has 0 unspecified atom stereocenters. The highest BCUT2D eigenvalue weighted by Gasteiger charge is 2.05. The van der Waals surface area contributed by atoms with E-state index >= 15 is 0 Å². The quantitative estimate of drug-likeness (QED) is 0.615. The first-order valence-electron chi connectivity index (χ1n) is 3.81. The van der Waals surface area contributed by atoms with Crippen LogP contribution in [0.3, 0.4) is 0 Å². The fourth-order valence-corrected chi connectivity index (χ4v) is 1.03. The van der Waals surface area contributed by atoms with Crippen molar-refractivity contribution in [1.82, 2.24) is 0 Å². The lowest BCUT2D eigenvalue weighted by molar-refractivity contribution is 0.398. The van der Waals surface area contributed by atoms with Crippen LogP contribution < -0.4 is 0 Å². The maximum Gasteiger partial charge on any atom is 0.0966 e. The molecule has 1 aliphatic carbocycles. The van der Waals surface area contributed by atoms with Gasteiger partial charge in [-0.1, -0.05) is 37.5 Å². The molecule has 0 saturated carbocycles. The second-order valence-corrected chi connectivity index (χ2v) is 2.66. The van der Waals surface area contributed by atoms with Crippen molar-refractivity contribution in [2.45, 2.75) is 6.42 Å². The van der Waals surface area contributed by atoms with Crippen LogP contribution in [0, 0.1) is 0 Å². The third-order valence-electron chi connectivity index (χ3n) is 1.67. The van der Waals surface area contributed by atoms with Crippen LogP contribution in [-0.4, -0.2) is 5.11 Å². The topological polar surface area (TPSA) is 20.2 Å². The van der Waals surface area contributed by atoms with Gasteiger partial charge in [0.05, 0.1) is 5.76 Å². The Labute approximate surface area is 72.7 Å². The molecule has 1 aliphatic rings. The largest absolute Gasteiger partial charge is 0.512 e. The molecule has 0 bridgehead atoms. The highest BCUT2D eigenvalue weighted by molar-refractivity contribution is 5.46. The first-order chi connectivity index (χ1) is 5.74. The fourth-order valence-electron chi connectivity index (χ4n) is 1.03. The average Bonchev–Trinajstić information content (AvgIpc) is 2.03. The summed E-state index contributed by atoms with van der Waals surface area (Å²) >= 11 is 0. The second kappa shape index (κ2) is 3.77. The Kier molecular flexibility index (Phi) is 2.70. The summed E-state index contributed by atoms with van der Waals surface area (Å²) in [6, 6.07) is 0. The SMILES string of the molecule is C=C/C=C\C1=CC=C(O)CC1=C. The van der Waals surface area contributed by atoms with Gasteiger partial charge in [0.15, 0.2) is 0 Å². The highest BCUT2D eigenvalue weighted by Crippen LogP contribution is 2.22. The first kappa shape index (κ1) is 8.60. The minimum atomic E-state index is 0.371. The standard InChI is InChI=1S/C11H12O/c1-3-4-5-10-6-7-11(12)8-9(10)2/h3-7,12H,1-2,8H2/b5-4-. The molecule has 0 heterocycles. The van der Waals surface area contributed by atoms with Gasteiger partial charge in [0.2, 0.25) is 0 Å². The number of allylic oxidation sites excluding steroid dienone is 7. The molecule has 0 atom stereocenters. The first-order valence-corrected chi connectivity index (χ1v) is 3.81. The van der Waals surface area contributed by atoms with Gasteiger partial charge < -0.3 is 5.11 Å². The molecule has 0 aromatic carbocycles. The number of aliphatic hydroxyl groups excluding tert-OH is 1. The molecule has 62 valence electrons. The van der Waals surface area contributed by atoms with Crippen LogP contribution in [0.4, 0.5) is 0 Å². The zero-order valence-corrected chi connectivity index (χ0v) is 6.96. The van der Waals surface area contributed by atoms with Crippen LogP contribution in [-0.2, 0) is 0 Å². The van der Waals surface area contributed by atoms with E-state index in [1.807, 2.05) is 18.2 Å². The molecule has 0 spiro atoms. The van der Waals surface area contributed by atoms with E-state index in [9.17, 15) is 0 Å². The molecule has 0 aliphatic heterocycles. The molecule has 12 heavy (non-hydrogen) atoms. The fraction of sp³-hybridized carbons (Fsp3) is 0.0909. The lowest BCUT2D eigenvalue weighted by atomic mass is 9.98. The Morgan fingerprint density at radius 2 is 2.17 bits per heavy atom. The summed E-state index contributed by atoms with van der Waals surface area (Å²) in [5.41, 5.74) is 1.99. The Hall–Kier alpha value is -1.50. The second-order valence-electron chi connectivity index (χ2n) is 2.66. The average molecular weight is 160 g/mol. The van der Waals surface area contributed by atoms with Crippen molar-refractivity contribution in [3.05, 3.63) is 60.4 Å². The number of hydrogen-bond acceptors (Lipinski definition) is 1. The van der Waals surface area contributed by atoms with Gasteiger partial charge in [-0.2, -0.15) is 0 Å². The van der Waals surface area contributed by atoms with E-state index < -0.39 is 0 Å². The van der Waals surface area contributed by atoms with Gasteiger partial charge in [-0.25, -0.2) is 0 Å². The van der Waals surface area contributed by atoms with Gasteiger partial charge in [-0.15, -0.1) is 0 Å². The van der Waals surface area contributed by atoms with Gasteiger partial charge in [-0.05, 0) is 17.2 Å². The smallest absolute Gasteiger partial charge is 0.0966 e. The molecule has 0 fully saturated rings. The number of rotatable bonds is 2. The number of aliphatic hydroxyl groups is 1. The molecule has 1 N–H and O–H groups in total. The van der Waals surface area contributed by atoms with Crippen LogP contribution in [0.5, 0.6) is 0 Å². The van der Waals surface area contributed by atoms with Crippen LogP contribution in [0.25, 0.3) is 0 Å². The lowest BCUT2D eigenvalue weighted by Gasteiger charge is -2.10. The van der Waals surface area contributed by atoms with Gasteiger partial charge >= 0.3 is 0 Å². The predicted molar refractivity (Wildman–Crippen MR) is 51.9 cm³/mol. The van der Waals surface area contributed by atoms with Crippen LogP contribution >= 0.6 is 0 Å². The van der Waals surface area contributed by atoms with Crippen LogP contribution in [0.2, 0.25) is 0 Å². The van der Waals surface area contributed by atoms with E-state index in [2.05, 4.69) is 13.2 Å². The van der Waals surface area contributed by atoms with Crippen molar-refractivity contribution in [3.63, 3.8) is 0 Å². The predicted octanol–water partition coefficient (Wildman–Crippen LogP) is 3.06. The van der Waals surface area contributed by atoms with E-state index in [-0.39, 0.29) is 0 Å². The third-order valence-corrected chi connectivity index (χ3v) is 1.67. The minimum absolute atomic E-state index is 0.371. The molecular formula is C11H12O. The maximum atomic E-state index is 9.13. The Morgan fingerprint density at radius 1 is 1.42 bits per heavy atom. The Balaban J connectivity index is 2.83. The summed E-state index contributed by atoms with van der Waals surface area (Å²) in [6.45, 7) is 7.42. The third kappa shape index (κ3) is 1.99. The van der Waals surface area contributed by atoms with Crippen LogP contribution in [0.15, 0.2) is 60.4 Å². The molecule has 0 amide bonds. The zero-order chi connectivity index (χ0) is 8.97. The van der Waals surface area contributed by atoms with Crippen molar-refractivity contribution in [2.24, 2.45) is 0 Å². The molecule has 1 nitrogen and oxygen atoms in total. The van der Waals surface area contributed by atoms with Gasteiger partial charge in [0, 0.05) is 6.42 Å². The zero-order valence-electron chi connectivity index (χ0n) is 6.96. The van der Waals surface area contributed by atoms with E-state index in [1.54, 1.807) is 12.2 Å². The molecule has 0 aromatic rings. The van der Waals surface area contributed by atoms with E-state index in [4.69, 9.17) is 5.11 Å². The minimum Gasteiger partial charge on any atom is -0.512 e. The Bertz CT molecular complexity index is 290. The van der Waals surface area contributed by atoms with Crippen molar-refractivity contribution in [2.75, 3.05) is 0 Å². The van der Waals surface area contributed by atoms with Crippen molar-refractivity contribution < 1.29 is 5.11 Å². The molecule has 0 aromatic heterocycles. The summed E-state index contributed by atoms with van der Waals surface area (Å²) in [4.78, 5) is 0. The van der Waals surface area contributed by atoms with E-state index in [0.29, 0.717) is 12.2 Å². The molecule has 0 radical (unpaired) electrons. The summed E-state index contributed by atoms with van der Waals surface area (Å²) < 4.78 is 0. The maximum absolute atomic E-state index is 9.13. The van der Waals surface area contributed by atoms with Crippen molar-refractivity contribution >= 4 is 0 Å². The number of hydrogen-bond donors (Lipinski definition) is 1. The lowest BCUT2D eigenvalue weighted by Crippen LogP contribution is -1.93. The molecular weight excluding hydrogens is 148 g/mol. The van der Waals surface area contributed by atoms with Gasteiger partial charge in [-0.3, -0.25) is 0 Å². The summed E-state index contributed by atoms with van der Waals surface area (Å²) in [5, 5.41) is 9.13. The summed E-state index contributed by atoms with van der Waals surface area (Å²) in [5.74, 6) is 0.371. The molecule has 1 rings (SSSR count). The Morgan fingerprint density at radius 3 is 2.75 bits per heavy atom. The van der Waals surface area contributed by atoms with Crippen LogP contribution in [0.1, 0.15) is 6.42 Å². The summed E-state index contributed by atoms with van der Waals surface area (Å²) in [6.07, 6.45) is 9.59. The molecule has 1 heteroatoms. The normalized spacial score (nSPS) is 17.5.